The first kappa shape index (κ1) is 9.74. The fourth-order valence-electron chi connectivity index (χ4n) is 2.00. The van der Waals surface area contributed by atoms with Crippen molar-refractivity contribution in [1.82, 2.24) is 5.32 Å². The molecule has 0 radical (unpaired) electrons. The maximum Gasteiger partial charge on any atom is 0.129 e. The van der Waals surface area contributed by atoms with Crippen LogP contribution in [-0.4, -0.2) is 18.2 Å². The zero-order chi connectivity index (χ0) is 9.80. The molecule has 1 aliphatic rings. The van der Waals surface area contributed by atoms with E-state index < -0.39 is 0 Å². The van der Waals surface area contributed by atoms with Crippen molar-refractivity contribution in [2.75, 3.05) is 13.1 Å². The molecule has 0 aliphatic carbocycles. The molecule has 1 aromatic heterocycles. The Morgan fingerprint density at radius 1 is 1.43 bits per heavy atom. The van der Waals surface area contributed by atoms with Gasteiger partial charge in [0.2, 0.25) is 0 Å². The van der Waals surface area contributed by atoms with Crippen molar-refractivity contribution >= 4 is 0 Å². The van der Waals surface area contributed by atoms with Gasteiger partial charge in [0.1, 0.15) is 18.1 Å². The normalized spacial score (nSPS) is 22.5. The first-order chi connectivity index (χ1) is 6.88. The van der Waals surface area contributed by atoms with Gasteiger partial charge in [0.05, 0.1) is 0 Å². The zero-order valence-corrected chi connectivity index (χ0v) is 8.33. The first-order valence-corrected chi connectivity index (χ1v) is 5.27. The molecule has 1 fully saturated rings. The Bertz CT molecular complexity index is 277. The summed E-state index contributed by atoms with van der Waals surface area (Å²) in [5.41, 5.74) is 0. The fourth-order valence-corrected chi connectivity index (χ4v) is 2.00. The number of piperidine rings is 1. The van der Waals surface area contributed by atoms with Crippen LogP contribution in [0.3, 0.4) is 0 Å². The molecule has 1 aromatic rings. The highest BCUT2D eigenvalue weighted by Crippen LogP contribution is 2.18. The molecule has 2 heterocycles. The number of hydrogen-bond acceptors (Lipinski definition) is 3. The molecule has 1 aliphatic heterocycles. The van der Waals surface area contributed by atoms with E-state index in [1.54, 1.807) is 0 Å². The van der Waals surface area contributed by atoms with Crippen LogP contribution in [0.1, 0.15) is 24.4 Å². The van der Waals surface area contributed by atoms with E-state index in [0.29, 0.717) is 11.7 Å². The van der Waals surface area contributed by atoms with Crippen LogP contribution in [0.5, 0.6) is 0 Å². The van der Waals surface area contributed by atoms with Crippen LogP contribution in [0, 0.1) is 5.92 Å². The van der Waals surface area contributed by atoms with Gasteiger partial charge in [-0.1, -0.05) is 0 Å². The molecule has 3 heteroatoms. The van der Waals surface area contributed by atoms with Crippen molar-refractivity contribution < 1.29 is 9.52 Å². The minimum absolute atomic E-state index is 0.00289. The van der Waals surface area contributed by atoms with Crippen molar-refractivity contribution in [3.63, 3.8) is 0 Å². The second kappa shape index (κ2) is 4.62. The molecule has 0 saturated carbocycles. The third kappa shape index (κ3) is 2.36. The summed E-state index contributed by atoms with van der Waals surface area (Å²) in [6, 6.07) is 3.83. The molecule has 0 aromatic carbocycles. The van der Waals surface area contributed by atoms with Gasteiger partial charge in [0, 0.05) is 6.42 Å². The van der Waals surface area contributed by atoms with Gasteiger partial charge in [-0.15, -0.1) is 0 Å². The van der Waals surface area contributed by atoms with Crippen molar-refractivity contribution in [3.8, 4) is 0 Å². The Kier molecular flexibility index (Phi) is 3.22. The van der Waals surface area contributed by atoms with Gasteiger partial charge in [-0.3, -0.25) is 0 Å². The topological polar surface area (TPSA) is 45.4 Å². The number of nitrogens with one attached hydrogen (secondary N) is 1. The average Bonchev–Trinajstić information content (AvgIpc) is 2.67. The number of rotatable bonds is 3. The highest BCUT2D eigenvalue weighted by Gasteiger charge is 2.15. The van der Waals surface area contributed by atoms with Crippen LogP contribution in [0.25, 0.3) is 0 Å². The second-order valence-corrected chi connectivity index (χ2v) is 3.94. The molecule has 78 valence electrons. The van der Waals surface area contributed by atoms with Crippen LogP contribution in [0.2, 0.25) is 0 Å². The van der Waals surface area contributed by atoms with Crippen molar-refractivity contribution in [2.24, 2.45) is 5.92 Å². The summed E-state index contributed by atoms with van der Waals surface area (Å²) in [7, 11) is 0. The van der Waals surface area contributed by atoms with E-state index in [0.717, 1.165) is 25.3 Å². The second-order valence-electron chi connectivity index (χ2n) is 3.94. The smallest absolute Gasteiger partial charge is 0.129 e. The largest absolute Gasteiger partial charge is 0.464 e. The molecule has 1 atom stereocenters. The molecule has 14 heavy (non-hydrogen) atoms. The Morgan fingerprint density at radius 2 is 2.29 bits per heavy atom. The molecule has 3 nitrogen and oxygen atoms in total. The van der Waals surface area contributed by atoms with Gasteiger partial charge >= 0.3 is 0 Å². The number of aliphatic hydroxyl groups excluding tert-OH is 1. The quantitative estimate of drug-likeness (QED) is 0.764. The molecule has 0 amide bonds. The van der Waals surface area contributed by atoms with Crippen LogP contribution in [0.4, 0.5) is 0 Å². The van der Waals surface area contributed by atoms with Crippen LogP contribution < -0.4 is 5.32 Å². The van der Waals surface area contributed by atoms with Crippen LogP contribution in [-0.2, 0) is 13.0 Å². The van der Waals surface area contributed by atoms with Gasteiger partial charge in [-0.25, -0.2) is 0 Å². The summed E-state index contributed by atoms with van der Waals surface area (Å²) in [6.07, 6.45) is 3.54. The van der Waals surface area contributed by atoms with Gasteiger partial charge in [-0.2, -0.15) is 0 Å². The first-order valence-electron chi connectivity index (χ1n) is 5.27. The summed E-state index contributed by atoms with van der Waals surface area (Å²) in [6.45, 7) is 2.24. The van der Waals surface area contributed by atoms with E-state index in [-0.39, 0.29) is 6.61 Å². The molecule has 1 unspecified atom stereocenters. The van der Waals surface area contributed by atoms with Crippen molar-refractivity contribution in [3.05, 3.63) is 23.7 Å². The van der Waals surface area contributed by atoms with Crippen molar-refractivity contribution in [2.45, 2.75) is 25.9 Å². The van der Waals surface area contributed by atoms with E-state index in [1.165, 1.54) is 12.8 Å². The Labute approximate surface area is 84.1 Å². The predicted molar refractivity (Wildman–Crippen MR) is 53.9 cm³/mol. The van der Waals surface area contributed by atoms with Gasteiger partial charge < -0.3 is 14.8 Å². The minimum atomic E-state index is 0.00289. The average molecular weight is 195 g/mol. The fraction of sp³-hybridized carbons (Fsp3) is 0.636. The lowest BCUT2D eigenvalue weighted by Crippen LogP contribution is -2.30. The molecule has 2 rings (SSSR count). The lowest BCUT2D eigenvalue weighted by molar-refractivity contribution is 0.240. The van der Waals surface area contributed by atoms with Crippen molar-refractivity contribution in [1.29, 1.82) is 0 Å². The Balaban J connectivity index is 1.89. The molecular formula is C11H17NO2. The molecule has 0 spiro atoms. The van der Waals surface area contributed by atoms with E-state index >= 15 is 0 Å². The summed E-state index contributed by atoms with van der Waals surface area (Å²) in [4.78, 5) is 0. The standard InChI is InChI=1S/C11H17NO2/c13-8-11-4-3-10(14-11)6-9-2-1-5-12-7-9/h3-4,9,12-13H,1-2,5-8H2. The monoisotopic (exact) mass is 195 g/mol. The summed E-state index contributed by atoms with van der Waals surface area (Å²) in [5, 5.41) is 12.2. The summed E-state index contributed by atoms with van der Waals surface area (Å²) < 4.78 is 5.46. The third-order valence-corrected chi connectivity index (χ3v) is 2.76. The van der Waals surface area contributed by atoms with E-state index in [2.05, 4.69) is 5.32 Å². The lowest BCUT2D eigenvalue weighted by atomic mass is 9.95. The van der Waals surface area contributed by atoms with Crippen LogP contribution >= 0.6 is 0 Å². The van der Waals surface area contributed by atoms with Crippen LogP contribution in [0.15, 0.2) is 16.5 Å². The number of furan rings is 1. The zero-order valence-electron chi connectivity index (χ0n) is 8.33. The van der Waals surface area contributed by atoms with Gasteiger partial charge in [-0.05, 0) is 44.0 Å². The van der Waals surface area contributed by atoms with E-state index in [1.807, 2.05) is 12.1 Å². The van der Waals surface area contributed by atoms with E-state index in [9.17, 15) is 0 Å². The summed E-state index contributed by atoms with van der Waals surface area (Å²) in [5.74, 6) is 2.37. The molecule has 2 N–H and O–H groups in total. The molecule has 1 saturated heterocycles. The Hall–Kier alpha value is -0.800. The maximum atomic E-state index is 8.85. The lowest BCUT2D eigenvalue weighted by Gasteiger charge is -2.21. The molecule has 0 bridgehead atoms. The highest BCUT2D eigenvalue weighted by molar-refractivity contribution is 5.07. The third-order valence-electron chi connectivity index (χ3n) is 2.76. The minimum Gasteiger partial charge on any atom is -0.464 e. The Morgan fingerprint density at radius 3 is 2.93 bits per heavy atom. The highest BCUT2D eigenvalue weighted by atomic mass is 16.4. The molecular weight excluding hydrogens is 178 g/mol. The number of hydrogen-bond donors (Lipinski definition) is 2. The van der Waals surface area contributed by atoms with Gasteiger partial charge in [0.15, 0.2) is 0 Å². The summed E-state index contributed by atoms with van der Waals surface area (Å²) >= 11 is 0. The SMILES string of the molecule is OCc1ccc(CC2CCCNC2)o1. The predicted octanol–water partition coefficient (Wildman–Crippen LogP) is 1.31. The van der Waals surface area contributed by atoms with E-state index in [4.69, 9.17) is 9.52 Å². The maximum absolute atomic E-state index is 8.85. The number of aliphatic hydroxyl groups is 1. The van der Waals surface area contributed by atoms with Gasteiger partial charge in [0.25, 0.3) is 0 Å².